The zero-order chi connectivity index (χ0) is 14.5. The molecule has 1 N–H and O–H groups in total. The van der Waals surface area contributed by atoms with E-state index < -0.39 is 11.9 Å². The number of fused-ring (bicyclic) bond motifs is 1. The largest absolute Gasteiger partial charge is 0.481 e. The minimum absolute atomic E-state index is 0.0465. The number of carboxylic acid groups (broad SMARTS) is 1. The molecular formula is C16H16O3S. The Morgan fingerprint density at radius 2 is 1.85 bits per heavy atom. The minimum Gasteiger partial charge on any atom is -0.481 e. The molecule has 0 bridgehead atoms. The zero-order valence-corrected chi connectivity index (χ0v) is 12.0. The summed E-state index contributed by atoms with van der Waals surface area (Å²) in [6, 6.07) is 14.0. The van der Waals surface area contributed by atoms with Crippen molar-refractivity contribution < 1.29 is 14.7 Å². The third-order valence-corrected chi connectivity index (χ3v) is 4.11. The van der Waals surface area contributed by atoms with Crippen LogP contribution in [0, 0.1) is 5.92 Å². The molecule has 2 aromatic carbocycles. The molecule has 0 saturated heterocycles. The predicted molar refractivity (Wildman–Crippen MR) is 81.9 cm³/mol. The quantitative estimate of drug-likeness (QED) is 0.916. The summed E-state index contributed by atoms with van der Waals surface area (Å²) in [5.41, 5.74) is 0.986. The third-order valence-electron chi connectivity index (χ3n) is 3.13. The van der Waals surface area contributed by atoms with Crippen LogP contribution >= 0.6 is 11.8 Å². The monoisotopic (exact) mass is 288 g/mol. The number of hydrogen-bond donors (Lipinski definition) is 1. The first-order valence-corrected chi connectivity index (χ1v) is 7.38. The standard InChI is InChI=1S/C16H16O3S/c1-11(17)20-10-15(16(18)19)9-12-6-7-13-4-2-3-5-14(13)8-12/h2-8,15H,9-10H2,1H3,(H,18,19)/t15-/m0/s1. The van der Waals surface area contributed by atoms with Crippen molar-refractivity contribution in [1.29, 1.82) is 0 Å². The van der Waals surface area contributed by atoms with E-state index in [0.29, 0.717) is 12.2 Å². The predicted octanol–water partition coefficient (Wildman–Crippen LogP) is 3.36. The van der Waals surface area contributed by atoms with Crippen LogP contribution in [0.15, 0.2) is 42.5 Å². The van der Waals surface area contributed by atoms with E-state index >= 15 is 0 Å². The van der Waals surface area contributed by atoms with E-state index in [1.54, 1.807) is 0 Å². The second-order valence-corrected chi connectivity index (χ2v) is 5.92. The number of carbonyl (C=O) groups is 2. The highest BCUT2D eigenvalue weighted by atomic mass is 32.2. The Labute approximate surface area is 122 Å². The number of aliphatic carboxylic acids is 1. The van der Waals surface area contributed by atoms with Crippen LogP contribution in [0.2, 0.25) is 0 Å². The van der Waals surface area contributed by atoms with Crippen molar-refractivity contribution in [3.63, 3.8) is 0 Å². The molecule has 0 aliphatic carbocycles. The van der Waals surface area contributed by atoms with Gasteiger partial charge in [0.25, 0.3) is 0 Å². The van der Waals surface area contributed by atoms with Gasteiger partial charge >= 0.3 is 5.97 Å². The fourth-order valence-electron chi connectivity index (χ4n) is 2.09. The lowest BCUT2D eigenvalue weighted by Gasteiger charge is -2.11. The molecule has 1 atom stereocenters. The van der Waals surface area contributed by atoms with E-state index in [-0.39, 0.29) is 5.12 Å². The lowest BCUT2D eigenvalue weighted by atomic mass is 9.98. The van der Waals surface area contributed by atoms with E-state index in [2.05, 4.69) is 0 Å². The molecule has 20 heavy (non-hydrogen) atoms. The van der Waals surface area contributed by atoms with Crippen molar-refractivity contribution in [2.45, 2.75) is 13.3 Å². The van der Waals surface area contributed by atoms with Crippen LogP contribution in [0.4, 0.5) is 0 Å². The minimum atomic E-state index is -0.855. The summed E-state index contributed by atoms with van der Waals surface area (Å²) >= 11 is 1.07. The van der Waals surface area contributed by atoms with Gasteiger partial charge in [-0.25, -0.2) is 0 Å². The van der Waals surface area contributed by atoms with Crippen molar-refractivity contribution in [2.75, 3.05) is 5.75 Å². The van der Waals surface area contributed by atoms with Gasteiger partial charge < -0.3 is 5.11 Å². The van der Waals surface area contributed by atoms with Crippen LogP contribution in [0.3, 0.4) is 0 Å². The van der Waals surface area contributed by atoms with E-state index in [9.17, 15) is 14.7 Å². The second-order valence-electron chi connectivity index (χ2n) is 4.72. The number of benzene rings is 2. The normalized spacial score (nSPS) is 12.2. The number of carboxylic acids is 1. The van der Waals surface area contributed by atoms with Gasteiger partial charge in [0.15, 0.2) is 5.12 Å². The van der Waals surface area contributed by atoms with Gasteiger partial charge in [-0.2, -0.15) is 0 Å². The fraction of sp³-hybridized carbons (Fsp3) is 0.250. The molecule has 104 valence electrons. The first kappa shape index (κ1) is 14.6. The molecular weight excluding hydrogens is 272 g/mol. The molecule has 3 nitrogen and oxygen atoms in total. The first-order valence-electron chi connectivity index (χ1n) is 6.40. The summed E-state index contributed by atoms with van der Waals surface area (Å²) in [7, 11) is 0. The van der Waals surface area contributed by atoms with E-state index in [1.807, 2.05) is 42.5 Å². The van der Waals surface area contributed by atoms with Crippen LogP contribution in [-0.4, -0.2) is 21.9 Å². The summed E-state index contributed by atoms with van der Waals surface area (Å²) in [6.07, 6.45) is 0.445. The van der Waals surface area contributed by atoms with Crippen LogP contribution in [0.5, 0.6) is 0 Å². The number of hydrogen-bond acceptors (Lipinski definition) is 3. The number of rotatable bonds is 5. The van der Waals surface area contributed by atoms with Crippen LogP contribution in [0.1, 0.15) is 12.5 Å². The first-order chi connectivity index (χ1) is 9.56. The highest BCUT2D eigenvalue weighted by molar-refractivity contribution is 8.13. The Bertz CT molecular complexity index is 636. The van der Waals surface area contributed by atoms with Gasteiger partial charge in [0.2, 0.25) is 0 Å². The van der Waals surface area contributed by atoms with Gasteiger partial charge in [0.05, 0.1) is 5.92 Å². The molecule has 0 aromatic heterocycles. The maximum absolute atomic E-state index is 11.3. The van der Waals surface area contributed by atoms with Gasteiger partial charge in [0.1, 0.15) is 0 Å². The Morgan fingerprint density at radius 3 is 2.50 bits per heavy atom. The molecule has 2 aromatic rings. The summed E-state index contributed by atoms with van der Waals surface area (Å²) in [6.45, 7) is 1.46. The molecule has 0 radical (unpaired) electrons. The molecule has 0 heterocycles. The second kappa shape index (κ2) is 6.57. The van der Waals surface area contributed by atoms with Gasteiger partial charge in [0, 0.05) is 12.7 Å². The van der Waals surface area contributed by atoms with Crippen molar-refractivity contribution >= 4 is 33.6 Å². The van der Waals surface area contributed by atoms with Crippen LogP contribution in [0.25, 0.3) is 10.8 Å². The van der Waals surface area contributed by atoms with Gasteiger partial charge in [-0.15, -0.1) is 0 Å². The molecule has 4 heteroatoms. The van der Waals surface area contributed by atoms with Crippen LogP contribution < -0.4 is 0 Å². The average Bonchev–Trinajstić information content (AvgIpc) is 2.42. The summed E-state index contributed by atoms with van der Waals surface area (Å²) in [4.78, 5) is 22.2. The SMILES string of the molecule is CC(=O)SC[C@H](Cc1ccc2ccccc2c1)C(=O)O. The van der Waals surface area contributed by atoms with Crippen LogP contribution in [-0.2, 0) is 16.0 Å². The molecule has 2 rings (SSSR count). The van der Waals surface area contributed by atoms with E-state index in [4.69, 9.17) is 0 Å². The van der Waals surface area contributed by atoms with Crippen molar-refractivity contribution in [1.82, 2.24) is 0 Å². The highest BCUT2D eigenvalue weighted by Gasteiger charge is 2.19. The lowest BCUT2D eigenvalue weighted by molar-refractivity contribution is -0.140. The van der Waals surface area contributed by atoms with Crippen molar-refractivity contribution in [3.8, 4) is 0 Å². The summed E-state index contributed by atoms with van der Waals surface area (Å²) < 4.78 is 0. The van der Waals surface area contributed by atoms with E-state index in [0.717, 1.165) is 28.1 Å². The average molecular weight is 288 g/mol. The Morgan fingerprint density at radius 1 is 1.15 bits per heavy atom. The molecule has 0 aliphatic rings. The topological polar surface area (TPSA) is 54.4 Å². The molecule has 0 fully saturated rings. The van der Waals surface area contributed by atoms with Gasteiger partial charge in [-0.05, 0) is 22.8 Å². The summed E-state index contributed by atoms with van der Waals surface area (Å²) in [5.74, 6) is -1.07. The number of thioether (sulfide) groups is 1. The smallest absolute Gasteiger partial charge is 0.307 e. The maximum Gasteiger partial charge on any atom is 0.307 e. The van der Waals surface area contributed by atoms with Gasteiger partial charge in [-0.3, -0.25) is 9.59 Å². The Kier molecular flexibility index (Phi) is 4.79. The van der Waals surface area contributed by atoms with Crippen molar-refractivity contribution in [3.05, 3.63) is 48.0 Å². The number of carbonyl (C=O) groups excluding carboxylic acids is 1. The fourth-order valence-corrected chi connectivity index (χ4v) is 2.78. The highest BCUT2D eigenvalue weighted by Crippen LogP contribution is 2.20. The summed E-state index contributed by atoms with van der Waals surface area (Å²) in [5, 5.41) is 11.4. The Balaban J connectivity index is 2.15. The molecule has 0 unspecified atom stereocenters. The van der Waals surface area contributed by atoms with Gasteiger partial charge in [-0.1, -0.05) is 54.2 Å². The third kappa shape index (κ3) is 3.84. The molecule has 0 saturated carbocycles. The molecule has 0 aliphatic heterocycles. The lowest BCUT2D eigenvalue weighted by Crippen LogP contribution is -2.19. The Hall–Kier alpha value is -1.81. The zero-order valence-electron chi connectivity index (χ0n) is 11.2. The maximum atomic E-state index is 11.3. The van der Waals surface area contributed by atoms with E-state index in [1.165, 1.54) is 6.92 Å². The molecule has 0 spiro atoms. The molecule has 0 amide bonds. The van der Waals surface area contributed by atoms with Crippen molar-refractivity contribution in [2.24, 2.45) is 5.92 Å².